The van der Waals surface area contributed by atoms with Gasteiger partial charge in [-0.2, -0.15) is 11.8 Å². The Morgan fingerprint density at radius 2 is 2.38 bits per heavy atom. The largest absolute Gasteiger partial charge is 0.395 e. The van der Waals surface area contributed by atoms with Crippen molar-refractivity contribution in [3.05, 3.63) is 21.9 Å². The molecule has 0 fully saturated rings. The molecule has 0 aromatic carbocycles. The van der Waals surface area contributed by atoms with Crippen LogP contribution in [0.25, 0.3) is 0 Å². The lowest BCUT2D eigenvalue weighted by molar-refractivity contribution is 0.218. The summed E-state index contributed by atoms with van der Waals surface area (Å²) in [5, 5.41) is 8.60. The standard InChI is InChI=1S/C12H16O2S2/c1-14-8-9-15-10-12-6-5-11(16-12)4-2-3-7-13/h5-6,13H,3,7-10H2,1H3. The van der Waals surface area contributed by atoms with Crippen molar-refractivity contribution in [3.63, 3.8) is 0 Å². The van der Waals surface area contributed by atoms with Gasteiger partial charge in [0.05, 0.1) is 18.1 Å². The van der Waals surface area contributed by atoms with Gasteiger partial charge in [0.1, 0.15) is 0 Å². The number of thioether (sulfide) groups is 1. The molecule has 1 rings (SSSR count). The molecule has 0 aliphatic rings. The van der Waals surface area contributed by atoms with Crippen LogP contribution in [0.4, 0.5) is 0 Å². The summed E-state index contributed by atoms with van der Waals surface area (Å²) in [6, 6.07) is 4.16. The van der Waals surface area contributed by atoms with Crippen LogP contribution in [0.2, 0.25) is 0 Å². The van der Waals surface area contributed by atoms with E-state index < -0.39 is 0 Å². The van der Waals surface area contributed by atoms with Gasteiger partial charge < -0.3 is 9.84 Å². The van der Waals surface area contributed by atoms with E-state index in [1.807, 2.05) is 17.8 Å². The summed E-state index contributed by atoms with van der Waals surface area (Å²) in [5.74, 6) is 8.02. The second-order valence-corrected chi connectivity index (χ2v) is 5.36. The maximum atomic E-state index is 8.60. The predicted molar refractivity (Wildman–Crippen MR) is 70.9 cm³/mol. The first-order chi connectivity index (χ1) is 7.86. The van der Waals surface area contributed by atoms with Crippen LogP contribution in [-0.4, -0.2) is 31.2 Å². The van der Waals surface area contributed by atoms with E-state index in [4.69, 9.17) is 9.84 Å². The van der Waals surface area contributed by atoms with E-state index in [1.165, 1.54) is 4.88 Å². The van der Waals surface area contributed by atoms with Gasteiger partial charge in [0.25, 0.3) is 0 Å². The molecule has 1 N–H and O–H groups in total. The number of ether oxygens (including phenoxy) is 1. The van der Waals surface area contributed by atoms with Crippen molar-refractivity contribution in [2.24, 2.45) is 0 Å². The molecular formula is C12H16O2S2. The number of thiophene rings is 1. The summed E-state index contributed by atoms with van der Waals surface area (Å²) >= 11 is 3.59. The maximum absolute atomic E-state index is 8.60. The van der Waals surface area contributed by atoms with E-state index in [1.54, 1.807) is 18.4 Å². The Balaban J connectivity index is 2.31. The lowest BCUT2D eigenvalue weighted by atomic mass is 10.4. The van der Waals surface area contributed by atoms with Gasteiger partial charge in [-0.3, -0.25) is 0 Å². The first-order valence-electron chi connectivity index (χ1n) is 5.12. The number of aliphatic hydroxyl groups excluding tert-OH is 1. The molecule has 0 saturated carbocycles. The minimum atomic E-state index is 0.137. The fourth-order valence-electron chi connectivity index (χ4n) is 1.04. The highest BCUT2D eigenvalue weighted by Gasteiger charge is 1.98. The third-order valence-corrected chi connectivity index (χ3v) is 3.94. The Kier molecular flexibility index (Phi) is 7.35. The van der Waals surface area contributed by atoms with Crippen LogP contribution in [-0.2, 0) is 10.5 Å². The average molecular weight is 256 g/mol. The minimum absolute atomic E-state index is 0.137. The molecule has 0 atom stereocenters. The smallest absolute Gasteiger partial charge is 0.0771 e. The molecule has 0 radical (unpaired) electrons. The zero-order valence-electron chi connectivity index (χ0n) is 9.36. The quantitative estimate of drug-likeness (QED) is 0.626. The molecule has 1 heterocycles. The molecule has 0 aliphatic carbocycles. The Morgan fingerprint density at radius 3 is 3.12 bits per heavy atom. The van der Waals surface area contributed by atoms with Crippen molar-refractivity contribution < 1.29 is 9.84 Å². The lowest BCUT2D eigenvalue weighted by Gasteiger charge is -1.97. The van der Waals surface area contributed by atoms with E-state index in [9.17, 15) is 0 Å². The summed E-state index contributed by atoms with van der Waals surface area (Å²) in [6.07, 6.45) is 0.551. The summed E-state index contributed by atoms with van der Waals surface area (Å²) < 4.78 is 4.99. The molecule has 4 heteroatoms. The molecule has 0 spiro atoms. The van der Waals surface area contributed by atoms with Crippen molar-refractivity contribution >= 4 is 23.1 Å². The fraction of sp³-hybridized carbons (Fsp3) is 0.500. The maximum Gasteiger partial charge on any atom is 0.0771 e. The monoisotopic (exact) mass is 256 g/mol. The third-order valence-electron chi connectivity index (χ3n) is 1.79. The SMILES string of the molecule is COCCSCc1ccc(C#CCCO)s1. The number of hydrogen-bond acceptors (Lipinski definition) is 4. The molecule has 1 aromatic heterocycles. The van der Waals surface area contributed by atoms with Gasteiger partial charge in [-0.15, -0.1) is 11.3 Å². The van der Waals surface area contributed by atoms with Gasteiger partial charge in [-0.1, -0.05) is 11.8 Å². The third kappa shape index (κ3) is 5.57. The Morgan fingerprint density at radius 1 is 1.50 bits per heavy atom. The van der Waals surface area contributed by atoms with Gasteiger partial charge in [0, 0.05) is 29.9 Å². The molecule has 0 amide bonds. The van der Waals surface area contributed by atoms with Gasteiger partial charge in [0.2, 0.25) is 0 Å². The number of hydrogen-bond donors (Lipinski definition) is 1. The summed E-state index contributed by atoms with van der Waals surface area (Å²) in [5.41, 5.74) is 0. The average Bonchev–Trinajstić information content (AvgIpc) is 2.73. The van der Waals surface area contributed by atoms with Crippen LogP contribution < -0.4 is 0 Å². The Labute approximate surface area is 105 Å². The molecule has 0 aliphatic heterocycles. The van der Waals surface area contributed by atoms with Crippen LogP contribution in [0.5, 0.6) is 0 Å². The van der Waals surface area contributed by atoms with Crippen molar-refractivity contribution in [1.29, 1.82) is 0 Å². The highest BCUT2D eigenvalue weighted by Crippen LogP contribution is 2.20. The number of methoxy groups -OCH3 is 1. The second kappa shape index (κ2) is 8.66. The van der Waals surface area contributed by atoms with Crippen LogP contribution in [0.3, 0.4) is 0 Å². The van der Waals surface area contributed by atoms with E-state index in [-0.39, 0.29) is 6.61 Å². The Bertz CT molecular complexity index is 349. The zero-order chi connectivity index (χ0) is 11.6. The molecule has 0 unspecified atom stereocenters. The first-order valence-corrected chi connectivity index (χ1v) is 7.09. The van der Waals surface area contributed by atoms with Gasteiger partial charge in [-0.05, 0) is 12.1 Å². The minimum Gasteiger partial charge on any atom is -0.395 e. The first kappa shape index (κ1) is 13.6. The highest BCUT2D eigenvalue weighted by molar-refractivity contribution is 7.98. The highest BCUT2D eigenvalue weighted by atomic mass is 32.2. The number of rotatable bonds is 6. The van der Waals surface area contributed by atoms with E-state index in [0.29, 0.717) is 6.42 Å². The molecule has 0 saturated heterocycles. The van der Waals surface area contributed by atoms with Gasteiger partial charge in [0.15, 0.2) is 0 Å². The van der Waals surface area contributed by atoms with E-state index in [0.717, 1.165) is 23.0 Å². The summed E-state index contributed by atoms with van der Waals surface area (Å²) in [6.45, 7) is 0.942. The molecule has 88 valence electrons. The molecule has 2 nitrogen and oxygen atoms in total. The normalized spacial score (nSPS) is 9.88. The number of aliphatic hydroxyl groups is 1. The second-order valence-electron chi connectivity index (χ2n) is 3.09. The molecule has 0 bridgehead atoms. The van der Waals surface area contributed by atoms with Gasteiger partial charge in [-0.25, -0.2) is 0 Å². The van der Waals surface area contributed by atoms with E-state index in [2.05, 4.69) is 17.9 Å². The molecule has 16 heavy (non-hydrogen) atoms. The molecular weight excluding hydrogens is 240 g/mol. The zero-order valence-corrected chi connectivity index (χ0v) is 11.0. The van der Waals surface area contributed by atoms with Crippen LogP contribution >= 0.6 is 23.1 Å². The van der Waals surface area contributed by atoms with Crippen LogP contribution in [0, 0.1) is 11.8 Å². The van der Waals surface area contributed by atoms with Crippen molar-refractivity contribution in [3.8, 4) is 11.8 Å². The molecule has 1 aromatic rings. The van der Waals surface area contributed by atoms with Crippen molar-refractivity contribution in [2.45, 2.75) is 12.2 Å². The van der Waals surface area contributed by atoms with Gasteiger partial charge >= 0.3 is 0 Å². The summed E-state index contributed by atoms with van der Waals surface area (Å²) in [7, 11) is 1.72. The Hall–Kier alpha value is -0.470. The van der Waals surface area contributed by atoms with Crippen LogP contribution in [0.15, 0.2) is 12.1 Å². The predicted octanol–water partition coefficient (Wildman–Crippen LogP) is 2.36. The van der Waals surface area contributed by atoms with Crippen LogP contribution in [0.1, 0.15) is 16.2 Å². The fourth-order valence-corrected chi connectivity index (χ4v) is 2.93. The van der Waals surface area contributed by atoms with Crippen molar-refractivity contribution in [2.75, 3.05) is 26.1 Å². The lowest BCUT2D eigenvalue weighted by Crippen LogP contribution is -1.91. The summed E-state index contributed by atoms with van der Waals surface area (Å²) in [4.78, 5) is 2.42. The van der Waals surface area contributed by atoms with E-state index >= 15 is 0 Å². The topological polar surface area (TPSA) is 29.5 Å². The van der Waals surface area contributed by atoms with Crippen molar-refractivity contribution in [1.82, 2.24) is 0 Å².